The first-order valence-electron chi connectivity index (χ1n) is 12.0. The van der Waals surface area contributed by atoms with Crippen molar-refractivity contribution in [3.8, 4) is 16.9 Å². The van der Waals surface area contributed by atoms with E-state index in [-0.39, 0.29) is 12.1 Å². The Hall–Kier alpha value is -4.59. The highest BCUT2D eigenvalue weighted by atomic mass is 16.5. The average molecular weight is 495 g/mol. The second-order valence-electron chi connectivity index (χ2n) is 9.17. The summed E-state index contributed by atoms with van der Waals surface area (Å²) in [5, 5.41) is 10.3. The van der Waals surface area contributed by atoms with Crippen molar-refractivity contribution >= 4 is 39.2 Å². The number of H-pyrrole nitrogens is 1. The Labute approximate surface area is 213 Å². The zero-order chi connectivity index (χ0) is 25.8. The van der Waals surface area contributed by atoms with Crippen LogP contribution in [0.15, 0.2) is 58.0 Å². The summed E-state index contributed by atoms with van der Waals surface area (Å²) in [5.41, 5.74) is 6.82. The van der Waals surface area contributed by atoms with Gasteiger partial charge in [-0.2, -0.15) is 0 Å². The van der Waals surface area contributed by atoms with Crippen molar-refractivity contribution in [2.45, 2.75) is 26.9 Å². The van der Waals surface area contributed by atoms with E-state index in [0.29, 0.717) is 11.3 Å². The maximum Gasteiger partial charge on any atom is 0.338 e. The Morgan fingerprint density at radius 2 is 1.76 bits per heavy atom. The number of nitrogens with one attached hydrogen (secondary N) is 2. The third-order valence-corrected chi connectivity index (χ3v) is 6.92. The predicted octanol–water partition coefficient (Wildman–Crippen LogP) is 6.00. The number of carbonyl (C=O) groups excluding carboxylic acids is 1. The standard InChI is InChI=1S/C29H26N4O4/c1-14-25(15(2)37-33-14)22-12-23-21(13-24(22)35-4)26-27(30-16(3)31-28(26)32-23)19-10-11-20(29(34)36-5)18-9-7-6-8-17(18)19/h6-13,16,31-32H,1-5H3. The highest BCUT2D eigenvalue weighted by Crippen LogP contribution is 2.42. The molecule has 1 atom stereocenters. The monoisotopic (exact) mass is 494 g/mol. The molecule has 0 radical (unpaired) electrons. The van der Waals surface area contributed by atoms with E-state index in [4.69, 9.17) is 19.0 Å². The third kappa shape index (κ3) is 3.48. The van der Waals surface area contributed by atoms with Crippen molar-refractivity contribution < 1.29 is 18.8 Å². The van der Waals surface area contributed by atoms with Crippen LogP contribution in [-0.2, 0) is 4.74 Å². The molecule has 0 fully saturated rings. The zero-order valence-electron chi connectivity index (χ0n) is 21.2. The molecule has 0 amide bonds. The fourth-order valence-electron chi connectivity index (χ4n) is 5.30. The fourth-order valence-corrected chi connectivity index (χ4v) is 5.30. The molecule has 2 N–H and O–H groups in total. The van der Waals surface area contributed by atoms with Crippen molar-refractivity contribution in [2.24, 2.45) is 4.99 Å². The van der Waals surface area contributed by atoms with E-state index < -0.39 is 0 Å². The number of anilines is 1. The first-order chi connectivity index (χ1) is 17.9. The molecule has 0 saturated carbocycles. The molecule has 5 aromatic rings. The number of methoxy groups -OCH3 is 2. The topological polar surface area (TPSA) is 102 Å². The highest BCUT2D eigenvalue weighted by Gasteiger charge is 2.28. The van der Waals surface area contributed by atoms with Crippen molar-refractivity contribution in [2.75, 3.05) is 19.5 Å². The van der Waals surface area contributed by atoms with Gasteiger partial charge in [0.05, 0.1) is 42.3 Å². The van der Waals surface area contributed by atoms with Crippen LogP contribution in [-0.4, -0.2) is 42.2 Å². The van der Waals surface area contributed by atoms with E-state index in [1.54, 1.807) is 7.11 Å². The third-order valence-electron chi connectivity index (χ3n) is 6.92. The highest BCUT2D eigenvalue weighted by molar-refractivity contribution is 6.28. The van der Waals surface area contributed by atoms with Gasteiger partial charge < -0.3 is 24.3 Å². The number of ether oxygens (including phenoxy) is 2. The lowest BCUT2D eigenvalue weighted by atomic mass is 9.91. The molecule has 0 bridgehead atoms. The Balaban J connectivity index is 1.61. The van der Waals surface area contributed by atoms with Gasteiger partial charge in [0, 0.05) is 22.0 Å². The van der Waals surface area contributed by atoms with Crippen LogP contribution in [0.25, 0.3) is 32.8 Å². The molecule has 1 unspecified atom stereocenters. The maximum atomic E-state index is 12.5. The summed E-state index contributed by atoms with van der Waals surface area (Å²) in [4.78, 5) is 21.0. The number of hydrogen-bond acceptors (Lipinski definition) is 7. The number of aryl methyl sites for hydroxylation is 2. The number of aliphatic imine (C=N–C) groups is 1. The normalized spacial score (nSPS) is 14.8. The number of rotatable bonds is 4. The maximum absolute atomic E-state index is 12.5. The first-order valence-corrected chi connectivity index (χ1v) is 12.0. The molecule has 8 heteroatoms. The van der Waals surface area contributed by atoms with Gasteiger partial charge >= 0.3 is 5.97 Å². The molecule has 0 aliphatic carbocycles. The van der Waals surface area contributed by atoms with Crippen molar-refractivity contribution in [1.82, 2.24) is 10.1 Å². The van der Waals surface area contributed by atoms with Crippen LogP contribution in [0.2, 0.25) is 0 Å². The van der Waals surface area contributed by atoms with Gasteiger partial charge in [0.2, 0.25) is 0 Å². The lowest BCUT2D eigenvalue weighted by molar-refractivity contribution is 0.0603. The van der Waals surface area contributed by atoms with E-state index >= 15 is 0 Å². The molecule has 3 heterocycles. The second-order valence-corrected chi connectivity index (χ2v) is 9.17. The SMILES string of the molecule is COC(=O)c1ccc(C2=NC(C)Nc3[nH]c4cc(-c5c(C)noc5C)c(OC)cc4c32)c2ccccc12. The number of nitrogens with zero attached hydrogens (tertiary/aromatic N) is 2. The van der Waals surface area contributed by atoms with Crippen LogP contribution in [0.3, 0.4) is 0 Å². The number of esters is 1. The van der Waals surface area contributed by atoms with Gasteiger partial charge in [-0.15, -0.1) is 0 Å². The van der Waals surface area contributed by atoms with Crippen LogP contribution in [0.1, 0.15) is 39.9 Å². The molecule has 2 aromatic heterocycles. The molecule has 186 valence electrons. The number of aromatic amines is 1. The molecule has 6 rings (SSSR count). The summed E-state index contributed by atoms with van der Waals surface area (Å²) in [6.07, 6.45) is -0.154. The van der Waals surface area contributed by atoms with Crippen LogP contribution in [0, 0.1) is 13.8 Å². The summed E-state index contributed by atoms with van der Waals surface area (Å²) in [5.74, 6) is 1.96. The summed E-state index contributed by atoms with van der Waals surface area (Å²) in [7, 11) is 3.06. The summed E-state index contributed by atoms with van der Waals surface area (Å²) >= 11 is 0. The molecule has 37 heavy (non-hydrogen) atoms. The second kappa shape index (κ2) is 8.51. The molecule has 3 aromatic carbocycles. The number of aromatic nitrogens is 2. The summed E-state index contributed by atoms with van der Waals surface area (Å²) < 4.78 is 16.3. The van der Waals surface area contributed by atoms with Crippen LogP contribution < -0.4 is 10.1 Å². The van der Waals surface area contributed by atoms with Crippen molar-refractivity contribution in [1.29, 1.82) is 0 Å². The smallest absolute Gasteiger partial charge is 0.338 e. The largest absolute Gasteiger partial charge is 0.496 e. The average Bonchev–Trinajstić information content (AvgIpc) is 3.43. The minimum absolute atomic E-state index is 0.154. The molecule has 0 spiro atoms. The number of fused-ring (bicyclic) bond motifs is 4. The van der Waals surface area contributed by atoms with E-state index in [1.165, 1.54) is 7.11 Å². The minimum Gasteiger partial charge on any atom is -0.496 e. The zero-order valence-corrected chi connectivity index (χ0v) is 21.2. The van der Waals surface area contributed by atoms with Crippen molar-refractivity contribution in [3.05, 3.63) is 76.7 Å². The van der Waals surface area contributed by atoms with E-state index in [9.17, 15) is 4.79 Å². The van der Waals surface area contributed by atoms with Crippen LogP contribution >= 0.6 is 0 Å². The molecule has 0 saturated heterocycles. The Morgan fingerprint density at radius 3 is 2.46 bits per heavy atom. The number of benzene rings is 3. The van der Waals surface area contributed by atoms with Gasteiger partial charge in [-0.1, -0.05) is 35.5 Å². The molecular weight excluding hydrogens is 468 g/mol. The van der Waals surface area contributed by atoms with Gasteiger partial charge in [0.1, 0.15) is 23.5 Å². The molecular formula is C29H26N4O4. The first kappa shape index (κ1) is 22.8. The van der Waals surface area contributed by atoms with Gasteiger partial charge in [0.15, 0.2) is 0 Å². The van der Waals surface area contributed by atoms with Crippen molar-refractivity contribution in [3.63, 3.8) is 0 Å². The number of carbonyl (C=O) groups is 1. The van der Waals surface area contributed by atoms with E-state index in [1.807, 2.05) is 63.2 Å². The van der Waals surface area contributed by atoms with E-state index in [2.05, 4.69) is 21.5 Å². The quantitative estimate of drug-likeness (QED) is 0.297. The minimum atomic E-state index is -0.368. The lowest BCUT2D eigenvalue weighted by Gasteiger charge is -2.22. The Bertz CT molecular complexity index is 1720. The molecule has 1 aliphatic heterocycles. The Morgan fingerprint density at radius 1 is 0.973 bits per heavy atom. The fraction of sp³-hybridized carbons (Fsp3) is 0.207. The van der Waals surface area contributed by atoms with Gasteiger partial charge in [0.25, 0.3) is 0 Å². The molecule has 1 aliphatic rings. The van der Waals surface area contributed by atoms with Crippen LogP contribution in [0.5, 0.6) is 5.75 Å². The number of hydrogen-bond donors (Lipinski definition) is 2. The van der Waals surface area contributed by atoms with Gasteiger partial charge in [-0.3, -0.25) is 4.99 Å². The summed E-state index contributed by atoms with van der Waals surface area (Å²) in [6, 6.07) is 15.7. The van der Waals surface area contributed by atoms with Gasteiger partial charge in [-0.05, 0) is 49.7 Å². The summed E-state index contributed by atoms with van der Waals surface area (Å²) in [6.45, 7) is 5.83. The Kier molecular flexibility index (Phi) is 5.26. The lowest BCUT2D eigenvalue weighted by Crippen LogP contribution is -2.23. The predicted molar refractivity (Wildman–Crippen MR) is 144 cm³/mol. The van der Waals surface area contributed by atoms with E-state index in [0.717, 1.165) is 66.9 Å². The van der Waals surface area contributed by atoms with Gasteiger partial charge in [-0.25, -0.2) is 4.79 Å². The van der Waals surface area contributed by atoms with Crippen LogP contribution in [0.4, 0.5) is 5.82 Å². The molecule has 8 nitrogen and oxygen atoms in total.